The predicted molar refractivity (Wildman–Crippen MR) is 99.6 cm³/mol. The van der Waals surface area contributed by atoms with Gasteiger partial charge in [0.2, 0.25) is 0 Å². The lowest BCUT2D eigenvalue weighted by Crippen LogP contribution is -1.80. The van der Waals surface area contributed by atoms with Gasteiger partial charge in [-0.1, -0.05) is 61.2 Å². The van der Waals surface area contributed by atoms with Crippen LogP contribution in [-0.4, -0.2) is 0 Å². The Bertz CT molecular complexity index is 991. The van der Waals surface area contributed by atoms with E-state index in [4.69, 9.17) is 0 Å². The van der Waals surface area contributed by atoms with E-state index in [9.17, 15) is 0 Å². The molecule has 0 saturated heterocycles. The Morgan fingerprint density at radius 2 is 1.68 bits per heavy atom. The lowest BCUT2D eigenvalue weighted by molar-refractivity contribution is 1.56. The van der Waals surface area contributed by atoms with Crippen molar-refractivity contribution in [3.05, 3.63) is 78.4 Å². The van der Waals surface area contributed by atoms with Crippen LogP contribution >= 0.6 is 11.3 Å². The normalized spacial score (nSPS) is 11.1. The maximum Gasteiger partial charge on any atom is 0.0434 e. The molecule has 0 N–H and O–H groups in total. The van der Waals surface area contributed by atoms with Crippen molar-refractivity contribution in [2.24, 2.45) is 0 Å². The summed E-state index contributed by atoms with van der Waals surface area (Å²) in [5, 5.41) is 2.68. The summed E-state index contributed by atoms with van der Waals surface area (Å²) in [5.74, 6) is 0. The fourth-order valence-electron chi connectivity index (χ4n) is 3.01. The molecule has 1 heteroatoms. The van der Waals surface area contributed by atoms with E-state index in [1.54, 1.807) is 0 Å². The summed E-state index contributed by atoms with van der Waals surface area (Å²) in [4.78, 5) is 0. The van der Waals surface area contributed by atoms with Gasteiger partial charge in [-0.3, -0.25) is 0 Å². The Balaban J connectivity index is 2.18. The van der Waals surface area contributed by atoms with Crippen LogP contribution in [0.3, 0.4) is 0 Å². The summed E-state index contributed by atoms with van der Waals surface area (Å²) >= 11 is 1.89. The average Bonchev–Trinajstić information content (AvgIpc) is 2.95. The van der Waals surface area contributed by atoms with E-state index in [-0.39, 0.29) is 0 Å². The van der Waals surface area contributed by atoms with Crippen molar-refractivity contribution in [1.82, 2.24) is 0 Å². The van der Waals surface area contributed by atoms with E-state index >= 15 is 0 Å². The van der Waals surface area contributed by atoms with Crippen molar-refractivity contribution in [2.75, 3.05) is 0 Å². The molecule has 0 spiro atoms. The third kappa shape index (κ3) is 1.98. The molecule has 1 aromatic heterocycles. The second kappa shape index (κ2) is 5.11. The standard InChI is InChI=1S/C21H16S/c1-3-15-12-18(16-9-5-4-6-10-16)21-19(13-15)17-11-7-8-14(2)20(17)22-21/h3-13H,1H2,2H3. The molecule has 0 aliphatic heterocycles. The second-order valence-electron chi connectivity index (χ2n) is 5.57. The van der Waals surface area contributed by atoms with Gasteiger partial charge in [-0.05, 0) is 35.7 Å². The molecule has 0 nitrogen and oxygen atoms in total. The lowest BCUT2D eigenvalue weighted by Gasteiger charge is -2.06. The van der Waals surface area contributed by atoms with Gasteiger partial charge in [0.1, 0.15) is 0 Å². The predicted octanol–water partition coefficient (Wildman–Crippen LogP) is 6.67. The van der Waals surface area contributed by atoms with E-state index < -0.39 is 0 Å². The van der Waals surface area contributed by atoms with Crippen LogP contribution in [0.1, 0.15) is 11.1 Å². The molecule has 106 valence electrons. The Hall–Kier alpha value is -2.38. The molecule has 0 aliphatic rings. The van der Waals surface area contributed by atoms with Gasteiger partial charge in [0, 0.05) is 25.7 Å². The number of hydrogen-bond donors (Lipinski definition) is 0. The minimum Gasteiger partial charge on any atom is -0.134 e. The highest BCUT2D eigenvalue weighted by Crippen LogP contribution is 2.41. The number of fused-ring (bicyclic) bond motifs is 3. The zero-order chi connectivity index (χ0) is 15.1. The average molecular weight is 300 g/mol. The smallest absolute Gasteiger partial charge is 0.0434 e. The largest absolute Gasteiger partial charge is 0.134 e. The van der Waals surface area contributed by atoms with Gasteiger partial charge in [0.25, 0.3) is 0 Å². The molecule has 4 rings (SSSR count). The Kier molecular flexibility index (Phi) is 3.09. The third-order valence-corrected chi connectivity index (χ3v) is 5.53. The second-order valence-corrected chi connectivity index (χ2v) is 6.59. The van der Waals surface area contributed by atoms with Crippen LogP contribution in [0.4, 0.5) is 0 Å². The number of thiophene rings is 1. The Morgan fingerprint density at radius 3 is 2.45 bits per heavy atom. The molecule has 0 amide bonds. The zero-order valence-corrected chi connectivity index (χ0v) is 13.3. The summed E-state index contributed by atoms with van der Waals surface area (Å²) in [5.41, 5.74) is 5.08. The van der Waals surface area contributed by atoms with Gasteiger partial charge in [-0.15, -0.1) is 11.3 Å². The van der Waals surface area contributed by atoms with Crippen LogP contribution in [0.2, 0.25) is 0 Å². The van der Waals surface area contributed by atoms with E-state index in [1.165, 1.54) is 42.4 Å². The molecule has 4 aromatic rings. The van der Waals surface area contributed by atoms with Crippen LogP contribution < -0.4 is 0 Å². The van der Waals surface area contributed by atoms with Crippen molar-refractivity contribution in [2.45, 2.75) is 6.92 Å². The Morgan fingerprint density at radius 1 is 0.864 bits per heavy atom. The van der Waals surface area contributed by atoms with Crippen molar-refractivity contribution in [3.63, 3.8) is 0 Å². The fourth-order valence-corrected chi connectivity index (χ4v) is 4.30. The number of rotatable bonds is 2. The first-order chi connectivity index (χ1) is 10.8. The summed E-state index contributed by atoms with van der Waals surface area (Å²) in [6.45, 7) is 6.15. The highest BCUT2D eigenvalue weighted by atomic mass is 32.1. The van der Waals surface area contributed by atoms with Gasteiger partial charge in [-0.2, -0.15) is 0 Å². The van der Waals surface area contributed by atoms with Crippen LogP contribution in [-0.2, 0) is 0 Å². The molecule has 0 bridgehead atoms. The molecule has 0 saturated carbocycles. The molecule has 0 atom stereocenters. The van der Waals surface area contributed by atoms with Gasteiger partial charge < -0.3 is 0 Å². The lowest BCUT2D eigenvalue weighted by atomic mass is 9.99. The van der Waals surface area contributed by atoms with Crippen molar-refractivity contribution in [3.8, 4) is 11.1 Å². The first-order valence-electron chi connectivity index (χ1n) is 7.41. The summed E-state index contributed by atoms with van der Waals surface area (Å²) in [6.07, 6.45) is 1.94. The Labute approximate surface area is 134 Å². The summed E-state index contributed by atoms with van der Waals surface area (Å²) in [6, 6.07) is 21.7. The quantitative estimate of drug-likeness (QED) is 0.387. The molecule has 0 radical (unpaired) electrons. The minimum absolute atomic E-state index is 1.17. The molecule has 22 heavy (non-hydrogen) atoms. The van der Waals surface area contributed by atoms with E-state index in [1.807, 2.05) is 17.4 Å². The van der Waals surface area contributed by atoms with Gasteiger partial charge >= 0.3 is 0 Å². The maximum absolute atomic E-state index is 3.96. The van der Waals surface area contributed by atoms with Crippen LogP contribution in [0, 0.1) is 6.92 Å². The van der Waals surface area contributed by atoms with E-state index in [0.717, 1.165) is 0 Å². The molecular formula is C21H16S. The highest BCUT2D eigenvalue weighted by Gasteiger charge is 2.12. The van der Waals surface area contributed by atoms with Crippen molar-refractivity contribution >= 4 is 37.6 Å². The number of benzene rings is 3. The van der Waals surface area contributed by atoms with Crippen molar-refractivity contribution in [1.29, 1.82) is 0 Å². The first kappa shape index (κ1) is 13.3. The topological polar surface area (TPSA) is 0 Å². The fraction of sp³-hybridized carbons (Fsp3) is 0.0476. The minimum atomic E-state index is 1.17. The number of aryl methyl sites for hydroxylation is 1. The van der Waals surface area contributed by atoms with Gasteiger partial charge in [0.05, 0.1) is 0 Å². The third-order valence-electron chi connectivity index (χ3n) is 4.14. The van der Waals surface area contributed by atoms with Crippen LogP contribution in [0.25, 0.3) is 37.4 Å². The molecule has 1 heterocycles. The molecule has 0 fully saturated rings. The van der Waals surface area contributed by atoms with E-state index in [0.29, 0.717) is 0 Å². The first-order valence-corrected chi connectivity index (χ1v) is 8.23. The van der Waals surface area contributed by atoms with Gasteiger partial charge in [0.15, 0.2) is 0 Å². The molecule has 0 unspecified atom stereocenters. The van der Waals surface area contributed by atoms with Crippen LogP contribution in [0.5, 0.6) is 0 Å². The number of hydrogen-bond acceptors (Lipinski definition) is 1. The monoisotopic (exact) mass is 300 g/mol. The summed E-state index contributed by atoms with van der Waals surface area (Å²) in [7, 11) is 0. The molecule has 3 aromatic carbocycles. The van der Waals surface area contributed by atoms with Crippen molar-refractivity contribution < 1.29 is 0 Å². The van der Waals surface area contributed by atoms with Gasteiger partial charge in [-0.25, -0.2) is 0 Å². The molecular weight excluding hydrogens is 284 g/mol. The maximum atomic E-state index is 3.96. The van der Waals surface area contributed by atoms with Crippen LogP contribution in [0.15, 0.2) is 67.2 Å². The SMILES string of the molecule is C=Cc1cc(-c2ccccc2)c2sc3c(C)cccc3c2c1. The zero-order valence-electron chi connectivity index (χ0n) is 12.5. The summed E-state index contributed by atoms with van der Waals surface area (Å²) < 4.78 is 2.75. The molecule has 0 aliphatic carbocycles. The van der Waals surface area contributed by atoms with E-state index in [2.05, 4.69) is 74.2 Å². The highest BCUT2D eigenvalue weighted by molar-refractivity contribution is 7.26.